The van der Waals surface area contributed by atoms with Gasteiger partial charge < -0.3 is 24.8 Å². The zero-order valence-electron chi connectivity index (χ0n) is 13.1. The summed E-state index contributed by atoms with van der Waals surface area (Å²) < 4.78 is 5.12. The summed E-state index contributed by atoms with van der Waals surface area (Å²) >= 11 is 0. The second-order valence-electron chi connectivity index (χ2n) is 6.91. The molecule has 0 radical (unpaired) electrons. The molecule has 0 bridgehead atoms. The number of nitrogens with zero attached hydrogens (tertiary/aromatic N) is 1. The van der Waals surface area contributed by atoms with Crippen LogP contribution in [0.25, 0.3) is 0 Å². The van der Waals surface area contributed by atoms with E-state index in [4.69, 9.17) is 4.74 Å². The Morgan fingerprint density at radius 1 is 1.38 bits per heavy atom. The Hall–Kier alpha value is -0.690. The molecule has 2 fully saturated rings. The minimum atomic E-state index is -1.89. The zero-order valence-corrected chi connectivity index (χ0v) is 13.1. The topological polar surface area (TPSA) is 89.8 Å². The zero-order chi connectivity index (χ0) is 15.8. The van der Waals surface area contributed by atoms with Gasteiger partial charge >= 0.3 is 5.97 Å². The summed E-state index contributed by atoms with van der Waals surface area (Å²) in [5.74, 6) is -1.17. The summed E-state index contributed by atoms with van der Waals surface area (Å²) in [7, 11) is 0. The minimum Gasteiger partial charge on any atom is -0.633 e. The fourth-order valence-corrected chi connectivity index (χ4v) is 3.82. The van der Waals surface area contributed by atoms with Crippen molar-refractivity contribution in [3.05, 3.63) is 5.21 Å². The van der Waals surface area contributed by atoms with Crippen LogP contribution in [0.3, 0.4) is 0 Å². The number of hydrogen-bond donors (Lipinski definition) is 2. The molecule has 0 aromatic rings. The lowest BCUT2D eigenvalue weighted by molar-refractivity contribution is -0.881. The molecule has 0 amide bonds. The largest absolute Gasteiger partial charge is 0.633 e. The first-order valence-electron chi connectivity index (χ1n) is 7.87. The van der Waals surface area contributed by atoms with Crippen LogP contribution in [0.15, 0.2) is 0 Å². The summed E-state index contributed by atoms with van der Waals surface area (Å²) in [6, 6.07) is 0.0245. The van der Waals surface area contributed by atoms with Gasteiger partial charge in [0.1, 0.15) is 6.61 Å². The standard InChI is InChI=1S/C15H27NO5/c1-10(2)15(19,11(3)17)14(18)21-9-12-6-8-16(20)7-4-5-13(12)16/h10-13,17,19H,4-9H2,1-3H3/t11-,12+,13+,15+,16?/m1/s1. The van der Waals surface area contributed by atoms with Gasteiger partial charge in [0.2, 0.25) is 0 Å². The van der Waals surface area contributed by atoms with Gasteiger partial charge in [0.05, 0.1) is 31.2 Å². The predicted octanol–water partition coefficient (Wildman–Crippen LogP) is 0.794. The minimum absolute atomic E-state index is 0.0245. The molecule has 6 nitrogen and oxygen atoms in total. The van der Waals surface area contributed by atoms with E-state index >= 15 is 0 Å². The third-order valence-corrected chi connectivity index (χ3v) is 5.34. The van der Waals surface area contributed by atoms with Gasteiger partial charge in [0, 0.05) is 19.3 Å². The SMILES string of the molecule is CC(C)[C@@](O)(C(=O)OC[C@@H]1CC[N+]2([O-])CCC[C@@H]12)[C@@H](C)O. The van der Waals surface area contributed by atoms with Crippen molar-refractivity contribution in [3.8, 4) is 0 Å². The molecule has 21 heavy (non-hydrogen) atoms. The fraction of sp³-hybridized carbons (Fsp3) is 0.933. The maximum atomic E-state index is 12.4. The molecule has 0 spiro atoms. The van der Waals surface area contributed by atoms with Crippen LogP contribution in [-0.4, -0.2) is 58.3 Å². The molecule has 2 rings (SSSR count). The average Bonchev–Trinajstić information content (AvgIpc) is 2.91. The van der Waals surface area contributed by atoms with Gasteiger partial charge in [-0.25, -0.2) is 4.79 Å². The molecule has 1 unspecified atom stereocenters. The van der Waals surface area contributed by atoms with Gasteiger partial charge in [0.25, 0.3) is 0 Å². The van der Waals surface area contributed by atoms with Crippen molar-refractivity contribution < 1.29 is 24.4 Å². The third-order valence-electron chi connectivity index (χ3n) is 5.34. The van der Waals surface area contributed by atoms with E-state index in [9.17, 15) is 20.2 Å². The number of hydroxylamine groups is 3. The lowest BCUT2D eigenvalue weighted by atomic mass is 9.85. The van der Waals surface area contributed by atoms with Crippen LogP contribution in [0.1, 0.15) is 40.0 Å². The van der Waals surface area contributed by atoms with Crippen molar-refractivity contribution in [1.29, 1.82) is 0 Å². The van der Waals surface area contributed by atoms with Crippen molar-refractivity contribution in [2.24, 2.45) is 11.8 Å². The summed E-state index contributed by atoms with van der Waals surface area (Å²) in [4.78, 5) is 12.2. The molecule has 0 aromatic heterocycles. The Labute approximate surface area is 125 Å². The Morgan fingerprint density at radius 2 is 2.05 bits per heavy atom. The molecule has 2 aliphatic rings. The van der Waals surface area contributed by atoms with Crippen molar-refractivity contribution in [1.82, 2.24) is 0 Å². The number of aliphatic hydroxyl groups excluding tert-OH is 1. The van der Waals surface area contributed by atoms with Crippen LogP contribution in [0.2, 0.25) is 0 Å². The molecular weight excluding hydrogens is 274 g/mol. The summed E-state index contributed by atoms with van der Waals surface area (Å²) in [6.07, 6.45) is 1.38. The molecule has 2 N–H and O–H groups in total. The van der Waals surface area contributed by atoms with Gasteiger partial charge in [-0.2, -0.15) is 0 Å². The Morgan fingerprint density at radius 3 is 2.62 bits per heavy atom. The molecule has 2 heterocycles. The van der Waals surface area contributed by atoms with E-state index in [1.54, 1.807) is 13.8 Å². The van der Waals surface area contributed by atoms with Crippen LogP contribution in [0, 0.1) is 17.0 Å². The van der Waals surface area contributed by atoms with Crippen LogP contribution in [0.5, 0.6) is 0 Å². The van der Waals surface area contributed by atoms with E-state index < -0.39 is 23.6 Å². The highest BCUT2D eigenvalue weighted by atomic mass is 16.6. The number of quaternary nitrogens is 1. The van der Waals surface area contributed by atoms with Gasteiger partial charge in [0.15, 0.2) is 5.60 Å². The molecule has 122 valence electrons. The average molecular weight is 301 g/mol. The van der Waals surface area contributed by atoms with Crippen molar-refractivity contribution >= 4 is 5.97 Å². The van der Waals surface area contributed by atoms with E-state index in [-0.39, 0.29) is 23.2 Å². The van der Waals surface area contributed by atoms with Crippen molar-refractivity contribution in [2.75, 3.05) is 19.7 Å². The number of esters is 1. The predicted molar refractivity (Wildman–Crippen MR) is 76.9 cm³/mol. The summed E-state index contributed by atoms with van der Waals surface area (Å²) in [5.41, 5.74) is -1.89. The summed E-state index contributed by atoms with van der Waals surface area (Å²) in [5, 5.41) is 32.5. The first-order valence-corrected chi connectivity index (χ1v) is 7.87. The maximum Gasteiger partial charge on any atom is 0.341 e. The number of fused-ring (bicyclic) bond motifs is 1. The van der Waals surface area contributed by atoms with Gasteiger partial charge in [-0.3, -0.25) is 0 Å². The molecular formula is C15H27NO5. The van der Waals surface area contributed by atoms with E-state index in [0.717, 1.165) is 19.3 Å². The first kappa shape index (κ1) is 16.7. The molecule has 5 atom stereocenters. The highest BCUT2D eigenvalue weighted by Gasteiger charge is 2.49. The second-order valence-corrected chi connectivity index (χ2v) is 6.91. The van der Waals surface area contributed by atoms with Gasteiger partial charge in [-0.05, 0) is 12.8 Å². The number of rotatable bonds is 5. The first-order chi connectivity index (χ1) is 9.71. The smallest absolute Gasteiger partial charge is 0.341 e. The third kappa shape index (κ3) is 2.82. The number of ether oxygens (including phenoxy) is 1. The Bertz CT molecular complexity index is 390. The normalized spacial score (nSPS) is 36.3. The number of carbonyl (C=O) groups excluding carboxylic acids is 1. The maximum absolute atomic E-state index is 12.4. The molecule has 2 saturated heterocycles. The van der Waals surface area contributed by atoms with E-state index in [2.05, 4.69) is 0 Å². The lowest BCUT2D eigenvalue weighted by Gasteiger charge is -2.40. The second kappa shape index (κ2) is 5.83. The number of hydrogen-bond acceptors (Lipinski definition) is 5. The van der Waals surface area contributed by atoms with Gasteiger partial charge in [-0.1, -0.05) is 13.8 Å². The number of aliphatic hydroxyl groups is 2. The Kier molecular flexibility index (Phi) is 4.63. The van der Waals surface area contributed by atoms with Gasteiger partial charge in [-0.15, -0.1) is 0 Å². The van der Waals surface area contributed by atoms with E-state index in [1.807, 2.05) is 0 Å². The van der Waals surface area contributed by atoms with Crippen LogP contribution in [0.4, 0.5) is 0 Å². The highest BCUT2D eigenvalue weighted by molar-refractivity contribution is 5.80. The lowest BCUT2D eigenvalue weighted by Crippen LogP contribution is -2.53. The summed E-state index contributed by atoms with van der Waals surface area (Å²) in [6.45, 7) is 6.14. The highest BCUT2D eigenvalue weighted by Crippen LogP contribution is 2.39. The fourth-order valence-electron chi connectivity index (χ4n) is 3.82. The Balaban J connectivity index is 1.95. The monoisotopic (exact) mass is 301 g/mol. The van der Waals surface area contributed by atoms with Crippen molar-refractivity contribution in [3.63, 3.8) is 0 Å². The molecule has 6 heteroatoms. The quantitative estimate of drug-likeness (QED) is 0.445. The molecule has 0 saturated carbocycles. The molecule has 0 aromatic carbocycles. The van der Waals surface area contributed by atoms with E-state index in [1.165, 1.54) is 6.92 Å². The molecule has 0 aliphatic carbocycles. The number of carbonyl (C=O) groups is 1. The molecule has 2 aliphatic heterocycles. The van der Waals surface area contributed by atoms with E-state index in [0.29, 0.717) is 13.1 Å². The van der Waals surface area contributed by atoms with Crippen LogP contribution in [-0.2, 0) is 9.53 Å². The van der Waals surface area contributed by atoms with Crippen LogP contribution < -0.4 is 0 Å². The van der Waals surface area contributed by atoms with Crippen LogP contribution >= 0.6 is 0 Å². The van der Waals surface area contributed by atoms with Crippen molar-refractivity contribution in [2.45, 2.75) is 57.8 Å².